The molecule has 4 heterocycles. The fraction of sp³-hybridized carbons (Fsp3) is 0.526. The van der Waals surface area contributed by atoms with Crippen LogP contribution in [0.4, 0.5) is 5.95 Å². The van der Waals surface area contributed by atoms with Crippen LogP contribution in [-0.2, 0) is 14.9 Å². The fourth-order valence-corrected chi connectivity index (χ4v) is 4.03. The number of aromatic nitrogens is 2. The second kappa shape index (κ2) is 7.18. The predicted octanol–water partition coefficient (Wildman–Crippen LogP) is 2.21. The third-order valence-electron chi connectivity index (χ3n) is 4.85. The van der Waals surface area contributed by atoms with E-state index in [2.05, 4.69) is 41.4 Å². The maximum Gasteiger partial charge on any atom is 0.261 e. The van der Waals surface area contributed by atoms with E-state index in [1.165, 1.54) is 11.3 Å². The van der Waals surface area contributed by atoms with Gasteiger partial charge in [0.25, 0.3) is 5.91 Å². The summed E-state index contributed by atoms with van der Waals surface area (Å²) in [5.41, 5.74) is 0.929. The lowest BCUT2D eigenvalue weighted by Crippen LogP contribution is -2.44. The van der Waals surface area contributed by atoms with E-state index in [9.17, 15) is 4.79 Å². The third-order valence-corrected chi connectivity index (χ3v) is 5.72. The van der Waals surface area contributed by atoms with Crippen LogP contribution in [-0.4, -0.2) is 53.4 Å². The van der Waals surface area contributed by atoms with E-state index in [0.29, 0.717) is 24.0 Å². The molecule has 2 aromatic heterocycles. The van der Waals surface area contributed by atoms with Crippen molar-refractivity contribution in [2.45, 2.75) is 50.5 Å². The lowest BCUT2D eigenvalue weighted by Gasteiger charge is -2.21. The molecule has 0 aliphatic carbocycles. The monoisotopic (exact) mass is 388 g/mol. The Morgan fingerprint density at radius 1 is 1.19 bits per heavy atom. The molecule has 2 fully saturated rings. The lowest BCUT2D eigenvalue weighted by atomic mass is 9.92. The number of nitrogens with zero attached hydrogens (tertiary/aromatic N) is 2. The van der Waals surface area contributed by atoms with E-state index in [1.54, 1.807) is 6.20 Å². The Kier molecular flexibility index (Phi) is 4.88. The quantitative estimate of drug-likeness (QED) is 0.835. The molecule has 0 spiro atoms. The molecule has 0 unspecified atom stereocenters. The summed E-state index contributed by atoms with van der Waals surface area (Å²) in [6.07, 6.45) is 1.46. The van der Waals surface area contributed by atoms with Gasteiger partial charge in [-0.25, -0.2) is 9.97 Å². The number of anilines is 1. The largest absolute Gasteiger partial charge is 0.371 e. The first kappa shape index (κ1) is 18.3. The topological polar surface area (TPSA) is 85.4 Å². The van der Waals surface area contributed by atoms with Crippen LogP contribution < -0.4 is 10.6 Å². The molecule has 0 saturated carbocycles. The van der Waals surface area contributed by atoms with Gasteiger partial charge in [0.2, 0.25) is 5.95 Å². The molecule has 4 rings (SSSR count). The van der Waals surface area contributed by atoms with Gasteiger partial charge in [0.15, 0.2) is 0 Å². The van der Waals surface area contributed by atoms with Crippen molar-refractivity contribution in [1.82, 2.24) is 15.3 Å². The van der Waals surface area contributed by atoms with Crippen LogP contribution >= 0.6 is 11.3 Å². The van der Waals surface area contributed by atoms with Crippen molar-refractivity contribution in [2.24, 2.45) is 0 Å². The first-order valence-corrected chi connectivity index (χ1v) is 9.97. The molecule has 2 N–H and O–H groups in total. The Hall–Kier alpha value is -2.03. The second-order valence-corrected chi connectivity index (χ2v) is 8.87. The Bertz CT molecular complexity index is 806. The number of fused-ring (bicyclic) bond motifs is 1. The zero-order valence-electron chi connectivity index (χ0n) is 15.6. The zero-order valence-corrected chi connectivity index (χ0v) is 16.5. The summed E-state index contributed by atoms with van der Waals surface area (Å²) < 4.78 is 11.9. The van der Waals surface area contributed by atoms with E-state index in [0.717, 1.165) is 5.69 Å². The van der Waals surface area contributed by atoms with Crippen LogP contribution in [0.25, 0.3) is 0 Å². The van der Waals surface area contributed by atoms with E-state index in [4.69, 9.17) is 9.47 Å². The van der Waals surface area contributed by atoms with Crippen molar-refractivity contribution >= 4 is 23.2 Å². The predicted molar refractivity (Wildman–Crippen MR) is 103 cm³/mol. The number of amides is 1. The minimum absolute atomic E-state index is 0.0465. The number of carbonyl (C=O) groups excluding carboxylic acids is 1. The molecule has 2 aliphatic rings. The van der Waals surface area contributed by atoms with E-state index < -0.39 is 0 Å². The molecule has 144 valence electrons. The summed E-state index contributed by atoms with van der Waals surface area (Å²) in [5.74, 6) is 0.492. The van der Waals surface area contributed by atoms with Crippen LogP contribution in [0.2, 0.25) is 0 Å². The standard InChI is InChI=1S/C19H24N4O3S/c1-19(2,3)14-6-7-20-18(23-14)22-12-10-26-15-11(9-25-16(12)15)21-17(24)13-5-4-8-27-13/h4-8,11-12,15-16H,9-10H2,1-3H3,(H,21,24)(H,20,22,23)/t11-,12-,15+,16+/m0/s1. The smallest absolute Gasteiger partial charge is 0.261 e. The molecule has 0 bridgehead atoms. The molecule has 0 aromatic carbocycles. The molecule has 2 saturated heterocycles. The number of rotatable bonds is 4. The van der Waals surface area contributed by atoms with Crippen LogP contribution in [0, 0.1) is 0 Å². The number of ether oxygens (including phenoxy) is 2. The summed E-state index contributed by atoms with van der Waals surface area (Å²) in [6, 6.07) is 5.41. The number of hydrogen-bond acceptors (Lipinski definition) is 7. The Morgan fingerprint density at radius 3 is 2.63 bits per heavy atom. The van der Waals surface area contributed by atoms with Crippen molar-refractivity contribution in [1.29, 1.82) is 0 Å². The van der Waals surface area contributed by atoms with E-state index in [1.807, 2.05) is 23.6 Å². The number of carbonyl (C=O) groups is 1. The Labute approximate surface area is 162 Å². The van der Waals surface area contributed by atoms with Gasteiger partial charge in [-0.15, -0.1) is 11.3 Å². The summed E-state index contributed by atoms with van der Waals surface area (Å²) >= 11 is 1.42. The summed E-state index contributed by atoms with van der Waals surface area (Å²) in [4.78, 5) is 22.0. The Balaban J connectivity index is 1.40. The Morgan fingerprint density at radius 2 is 1.93 bits per heavy atom. The first-order valence-electron chi connectivity index (χ1n) is 9.09. The molecule has 8 heteroatoms. The number of nitrogens with one attached hydrogen (secondary N) is 2. The highest BCUT2D eigenvalue weighted by Gasteiger charge is 2.48. The van der Waals surface area contributed by atoms with Crippen LogP contribution in [0.15, 0.2) is 29.8 Å². The van der Waals surface area contributed by atoms with Crippen molar-refractivity contribution in [2.75, 3.05) is 18.5 Å². The summed E-state index contributed by atoms with van der Waals surface area (Å²) in [7, 11) is 0. The van der Waals surface area contributed by atoms with Crippen molar-refractivity contribution in [3.05, 3.63) is 40.3 Å². The molecule has 2 aromatic rings. The van der Waals surface area contributed by atoms with Gasteiger partial charge in [0, 0.05) is 11.6 Å². The van der Waals surface area contributed by atoms with Crippen molar-refractivity contribution in [3.8, 4) is 0 Å². The van der Waals surface area contributed by atoms with Gasteiger partial charge in [-0.1, -0.05) is 26.8 Å². The average molecular weight is 388 g/mol. The van der Waals surface area contributed by atoms with Crippen LogP contribution in [0.5, 0.6) is 0 Å². The first-order chi connectivity index (χ1) is 12.9. The highest BCUT2D eigenvalue weighted by Crippen LogP contribution is 2.29. The summed E-state index contributed by atoms with van der Waals surface area (Å²) in [6.45, 7) is 7.29. The van der Waals surface area contributed by atoms with Crippen LogP contribution in [0.3, 0.4) is 0 Å². The molecule has 0 radical (unpaired) electrons. The van der Waals surface area contributed by atoms with Gasteiger partial charge in [-0.3, -0.25) is 4.79 Å². The fourth-order valence-electron chi connectivity index (χ4n) is 3.41. The summed E-state index contributed by atoms with van der Waals surface area (Å²) in [5, 5.41) is 8.26. The molecular weight excluding hydrogens is 364 g/mol. The molecule has 27 heavy (non-hydrogen) atoms. The minimum atomic E-state index is -0.169. The van der Waals surface area contributed by atoms with Gasteiger partial charge < -0.3 is 20.1 Å². The van der Waals surface area contributed by atoms with E-state index >= 15 is 0 Å². The molecule has 4 atom stereocenters. The van der Waals surface area contributed by atoms with Gasteiger partial charge in [0.05, 0.1) is 35.9 Å². The van der Waals surface area contributed by atoms with E-state index in [-0.39, 0.29) is 35.6 Å². The van der Waals surface area contributed by atoms with Gasteiger partial charge in [0.1, 0.15) is 12.2 Å². The number of thiophene rings is 1. The van der Waals surface area contributed by atoms with Crippen molar-refractivity contribution in [3.63, 3.8) is 0 Å². The molecule has 2 aliphatic heterocycles. The average Bonchev–Trinajstić information content (AvgIpc) is 3.35. The molecule has 7 nitrogen and oxygen atoms in total. The highest BCUT2D eigenvalue weighted by atomic mass is 32.1. The second-order valence-electron chi connectivity index (χ2n) is 7.92. The third kappa shape index (κ3) is 3.83. The molecule has 1 amide bonds. The molecular formula is C19H24N4O3S. The van der Waals surface area contributed by atoms with Crippen molar-refractivity contribution < 1.29 is 14.3 Å². The van der Waals surface area contributed by atoms with Gasteiger partial charge in [-0.05, 0) is 17.5 Å². The van der Waals surface area contributed by atoms with Gasteiger partial charge >= 0.3 is 0 Å². The lowest BCUT2D eigenvalue weighted by molar-refractivity contribution is 0.0652. The van der Waals surface area contributed by atoms with Gasteiger partial charge in [-0.2, -0.15) is 0 Å². The maximum atomic E-state index is 12.3. The highest BCUT2D eigenvalue weighted by molar-refractivity contribution is 7.12. The SMILES string of the molecule is CC(C)(C)c1ccnc(N[C@H]2CO[C@H]3[C@@H]2OC[C@@H]3NC(=O)c2cccs2)n1. The normalized spacial score (nSPS) is 27.4. The number of hydrogen-bond donors (Lipinski definition) is 2. The zero-order chi connectivity index (χ0) is 19.0. The maximum absolute atomic E-state index is 12.3. The minimum Gasteiger partial charge on any atom is -0.371 e. The van der Waals surface area contributed by atoms with Crippen LogP contribution in [0.1, 0.15) is 36.1 Å².